The van der Waals surface area contributed by atoms with E-state index in [0.29, 0.717) is 11.8 Å². The minimum Gasteiger partial charge on any atom is -0.341 e. The maximum absolute atomic E-state index is 4.98. The van der Waals surface area contributed by atoms with Gasteiger partial charge < -0.3 is 4.90 Å². The highest BCUT2D eigenvalue weighted by atomic mass is 15.4. The molecular weight excluding hydrogens is 338 g/mol. The molecule has 7 nitrogen and oxygen atoms in total. The standard InChI is InChI=1S/C20H23N7/c1-14-13-17(5-10-21-14)27-19(24-18(25-27)15-3-4-15)16-6-11-26(12-7-16)20-22-8-2-9-23-20/h2,5,8-10,13,15-16H,3-4,6-7,11-12H2,1H3. The van der Waals surface area contributed by atoms with Crippen LogP contribution in [0.2, 0.25) is 0 Å². The number of nitrogens with zero attached hydrogens (tertiary/aromatic N) is 7. The first-order valence-corrected chi connectivity index (χ1v) is 9.70. The van der Waals surface area contributed by atoms with Crippen molar-refractivity contribution in [2.75, 3.05) is 18.0 Å². The number of aromatic nitrogens is 6. The van der Waals surface area contributed by atoms with Crippen LogP contribution in [-0.4, -0.2) is 42.8 Å². The second-order valence-corrected chi connectivity index (χ2v) is 7.48. The molecule has 2 fully saturated rings. The maximum Gasteiger partial charge on any atom is 0.225 e. The van der Waals surface area contributed by atoms with Crippen molar-refractivity contribution in [1.29, 1.82) is 0 Å². The molecule has 1 saturated carbocycles. The molecular formula is C20H23N7. The minimum absolute atomic E-state index is 0.401. The topological polar surface area (TPSA) is 72.6 Å². The second-order valence-electron chi connectivity index (χ2n) is 7.48. The monoisotopic (exact) mass is 361 g/mol. The average Bonchev–Trinajstić information content (AvgIpc) is 3.47. The molecule has 0 bridgehead atoms. The molecule has 0 N–H and O–H groups in total. The largest absolute Gasteiger partial charge is 0.341 e. The zero-order valence-electron chi connectivity index (χ0n) is 15.5. The van der Waals surface area contributed by atoms with Gasteiger partial charge in [0.2, 0.25) is 5.95 Å². The summed E-state index contributed by atoms with van der Waals surface area (Å²) in [7, 11) is 0. The Bertz CT molecular complexity index is 925. The Morgan fingerprint density at radius 2 is 1.70 bits per heavy atom. The summed E-state index contributed by atoms with van der Waals surface area (Å²) in [5, 5.41) is 4.88. The molecule has 0 spiro atoms. The van der Waals surface area contributed by atoms with E-state index in [9.17, 15) is 0 Å². The fourth-order valence-corrected chi connectivity index (χ4v) is 3.76. The molecule has 27 heavy (non-hydrogen) atoms. The fourth-order valence-electron chi connectivity index (χ4n) is 3.76. The van der Waals surface area contributed by atoms with Gasteiger partial charge in [-0.1, -0.05) is 0 Å². The van der Waals surface area contributed by atoms with Gasteiger partial charge in [-0.25, -0.2) is 19.6 Å². The molecule has 138 valence electrons. The highest BCUT2D eigenvalue weighted by Gasteiger charge is 2.32. The summed E-state index contributed by atoms with van der Waals surface area (Å²) in [5.41, 5.74) is 2.06. The van der Waals surface area contributed by atoms with Gasteiger partial charge >= 0.3 is 0 Å². The summed E-state index contributed by atoms with van der Waals surface area (Å²) in [5.74, 6) is 3.87. The Kier molecular flexibility index (Phi) is 4.07. The number of rotatable bonds is 4. The number of hydrogen-bond acceptors (Lipinski definition) is 6. The van der Waals surface area contributed by atoms with Gasteiger partial charge in [0.25, 0.3) is 0 Å². The van der Waals surface area contributed by atoms with Gasteiger partial charge in [-0.15, -0.1) is 0 Å². The zero-order valence-corrected chi connectivity index (χ0v) is 15.5. The lowest BCUT2D eigenvalue weighted by Crippen LogP contribution is -2.34. The van der Waals surface area contributed by atoms with Crippen molar-refractivity contribution in [2.24, 2.45) is 0 Å². The van der Waals surface area contributed by atoms with E-state index in [-0.39, 0.29) is 0 Å². The summed E-state index contributed by atoms with van der Waals surface area (Å²) in [6, 6.07) is 5.96. The van der Waals surface area contributed by atoms with Crippen LogP contribution in [0.5, 0.6) is 0 Å². The molecule has 0 amide bonds. The van der Waals surface area contributed by atoms with E-state index < -0.39 is 0 Å². The van der Waals surface area contributed by atoms with Crippen LogP contribution in [0, 0.1) is 6.92 Å². The van der Waals surface area contributed by atoms with Crippen LogP contribution in [0.4, 0.5) is 5.95 Å². The lowest BCUT2D eigenvalue weighted by atomic mass is 9.96. The Labute approximate surface area is 158 Å². The summed E-state index contributed by atoms with van der Waals surface area (Å²) in [6.07, 6.45) is 9.95. The van der Waals surface area contributed by atoms with E-state index in [1.54, 1.807) is 12.4 Å². The lowest BCUT2D eigenvalue weighted by molar-refractivity contribution is 0.472. The first-order valence-electron chi connectivity index (χ1n) is 9.70. The van der Waals surface area contributed by atoms with Gasteiger partial charge in [0.05, 0.1) is 5.69 Å². The molecule has 0 radical (unpaired) electrons. The summed E-state index contributed by atoms with van der Waals surface area (Å²) >= 11 is 0. The van der Waals surface area contributed by atoms with E-state index >= 15 is 0 Å². The fraction of sp³-hybridized carbons (Fsp3) is 0.450. The molecule has 1 saturated heterocycles. The Morgan fingerprint density at radius 1 is 0.926 bits per heavy atom. The van der Waals surface area contributed by atoms with Gasteiger partial charge in [0.15, 0.2) is 5.82 Å². The molecule has 3 aromatic heterocycles. The molecule has 0 aromatic carbocycles. The molecule has 0 atom stereocenters. The molecule has 5 rings (SSSR count). The first kappa shape index (κ1) is 16.4. The first-order chi connectivity index (χ1) is 13.3. The second kappa shape index (κ2) is 6.72. The minimum atomic E-state index is 0.401. The predicted molar refractivity (Wildman–Crippen MR) is 102 cm³/mol. The maximum atomic E-state index is 4.98. The van der Waals surface area contributed by atoms with Crippen LogP contribution in [0.3, 0.4) is 0 Å². The quantitative estimate of drug-likeness (QED) is 0.711. The number of anilines is 1. The van der Waals surface area contributed by atoms with E-state index in [2.05, 4.69) is 30.6 Å². The van der Waals surface area contributed by atoms with Gasteiger partial charge in [0, 0.05) is 49.2 Å². The lowest BCUT2D eigenvalue weighted by Gasteiger charge is -2.31. The predicted octanol–water partition coefficient (Wildman–Crippen LogP) is 3.02. The van der Waals surface area contributed by atoms with Crippen molar-refractivity contribution >= 4 is 5.95 Å². The Balaban J connectivity index is 1.41. The Morgan fingerprint density at radius 3 is 2.41 bits per heavy atom. The normalized spacial score (nSPS) is 18.0. The van der Waals surface area contributed by atoms with Crippen LogP contribution in [0.15, 0.2) is 36.8 Å². The van der Waals surface area contributed by atoms with E-state index in [1.165, 1.54) is 12.8 Å². The highest BCUT2D eigenvalue weighted by molar-refractivity contribution is 5.34. The average molecular weight is 361 g/mol. The summed E-state index contributed by atoms with van der Waals surface area (Å²) < 4.78 is 2.06. The van der Waals surface area contributed by atoms with Crippen LogP contribution < -0.4 is 4.90 Å². The molecule has 7 heteroatoms. The molecule has 1 aliphatic carbocycles. The number of pyridine rings is 1. The van der Waals surface area contributed by atoms with Gasteiger partial charge in [-0.2, -0.15) is 5.10 Å². The number of piperidine rings is 1. The number of aryl methyl sites for hydroxylation is 1. The molecule has 4 heterocycles. The van der Waals surface area contributed by atoms with Crippen molar-refractivity contribution in [3.8, 4) is 5.69 Å². The molecule has 1 aliphatic heterocycles. The highest BCUT2D eigenvalue weighted by Crippen LogP contribution is 2.40. The third-order valence-corrected chi connectivity index (χ3v) is 5.41. The van der Waals surface area contributed by atoms with Crippen LogP contribution in [0.25, 0.3) is 5.69 Å². The SMILES string of the molecule is Cc1cc(-n2nc(C3CC3)nc2C2CCN(c3ncccn3)CC2)ccn1. The van der Waals surface area contributed by atoms with Crippen LogP contribution in [0.1, 0.15) is 54.9 Å². The van der Waals surface area contributed by atoms with Crippen molar-refractivity contribution in [3.05, 3.63) is 54.1 Å². The van der Waals surface area contributed by atoms with Crippen molar-refractivity contribution in [1.82, 2.24) is 29.7 Å². The van der Waals surface area contributed by atoms with Gasteiger partial charge in [-0.05, 0) is 50.8 Å². The third kappa shape index (κ3) is 3.29. The number of hydrogen-bond donors (Lipinski definition) is 0. The molecule has 0 unspecified atom stereocenters. The van der Waals surface area contributed by atoms with Crippen LogP contribution in [-0.2, 0) is 0 Å². The van der Waals surface area contributed by atoms with Gasteiger partial charge in [0.1, 0.15) is 5.82 Å². The van der Waals surface area contributed by atoms with Gasteiger partial charge in [-0.3, -0.25) is 4.98 Å². The van der Waals surface area contributed by atoms with E-state index in [4.69, 9.17) is 10.1 Å². The smallest absolute Gasteiger partial charge is 0.225 e. The molecule has 2 aliphatic rings. The molecule has 3 aromatic rings. The third-order valence-electron chi connectivity index (χ3n) is 5.41. The van der Waals surface area contributed by atoms with Crippen molar-refractivity contribution < 1.29 is 0 Å². The summed E-state index contributed by atoms with van der Waals surface area (Å²) in [4.78, 5) is 20.3. The van der Waals surface area contributed by atoms with Crippen LogP contribution >= 0.6 is 0 Å². The zero-order chi connectivity index (χ0) is 18.2. The van der Waals surface area contributed by atoms with E-state index in [1.807, 2.05) is 25.3 Å². The summed E-state index contributed by atoms with van der Waals surface area (Å²) in [6.45, 7) is 3.89. The van der Waals surface area contributed by atoms with Crippen molar-refractivity contribution in [3.63, 3.8) is 0 Å². The van der Waals surface area contributed by atoms with E-state index in [0.717, 1.165) is 54.9 Å². The van der Waals surface area contributed by atoms with Crippen molar-refractivity contribution in [2.45, 2.75) is 44.4 Å². The Hall–Kier alpha value is -2.83.